The first-order valence-electron chi connectivity index (χ1n) is 9.93. The Bertz CT molecular complexity index is 1230. The van der Waals surface area contributed by atoms with Gasteiger partial charge in [0.1, 0.15) is 16.9 Å². The number of aromatic nitrogens is 6. The molecule has 0 aromatic carbocycles. The smallest absolute Gasteiger partial charge is 0.311 e. The lowest BCUT2D eigenvalue weighted by Gasteiger charge is -2.11. The minimum atomic E-state index is -0.111. The summed E-state index contributed by atoms with van der Waals surface area (Å²) < 4.78 is 5.55. The van der Waals surface area contributed by atoms with Crippen LogP contribution in [0.5, 0.6) is 0 Å². The topological polar surface area (TPSA) is 70.5 Å². The van der Waals surface area contributed by atoms with E-state index < -0.39 is 0 Å². The molecule has 0 saturated heterocycles. The van der Waals surface area contributed by atoms with Crippen LogP contribution in [0.1, 0.15) is 46.0 Å². The van der Waals surface area contributed by atoms with E-state index in [1.54, 1.807) is 21.5 Å². The lowest BCUT2D eigenvalue weighted by Crippen LogP contribution is -2.27. The Morgan fingerprint density at radius 1 is 1.07 bits per heavy atom. The molecule has 0 fully saturated rings. The van der Waals surface area contributed by atoms with Gasteiger partial charge in [0, 0.05) is 25.0 Å². The van der Waals surface area contributed by atoms with Crippen LogP contribution in [0.4, 0.5) is 0 Å². The van der Waals surface area contributed by atoms with Crippen molar-refractivity contribution in [3.8, 4) is 0 Å². The molecule has 29 heavy (non-hydrogen) atoms. The number of halogens is 1. The van der Waals surface area contributed by atoms with E-state index in [4.69, 9.17) is 16.6 Å². The summed E-state index contributed by atoms with van der Waals surface area (Å²) in [5, 5.41) is 0.321. The van der Waals surface area contributed by atoms with Gasteiger partial charge in [-0.2, -0.15) is 0 Å². The lowest BCUT2D eigenvalue weighted by molar-refractivity contribution is 0.503. The van der Waals surface area contributed by atoms with Gasteiger partial charge in [0.15, 0.2) is 10.8 Å². The second-order valence-electron chi connectivity index (χ2n) is 8.01. The average molecular weight is 413 g/mol. The Morgan fingerprint density at radius 3 is 2.59 bits per heavy atom. The van der Waals surface area contributed by atoms with E-state index in [0.29, 0.717) is 23.1 Å². The standard InChI is InChI=1S/C21H25ClN6O/c1-13(2)8-11-26-17(25-15-6-5-9-24-20(15)26)12-27-18-16(7-10-23-19(18)22)28(14(3)4)21(27)29/h5-7,9-10,13-14H,8,11-12H2,1-4H3. The van der Waals surface area contributed by atoms with E-state index in [1.807, 2.05) is 32.0 Å². The molecule has 0 unspecified atom stereocenters. The van der Waals surface area contributed by atoms with Gasteiger partial charge in [-0.1, -0.05) is 25.4 Å². The van der Waals surface area contributed by atoms with Crippen molar-refractivity contribution >= 4 is 33.8 Å². The van der Waals surface area contributed by atoms with Gasteiger partial charge in [0.2, 0.25) is 0 Å². The molecule has 8 heteroatoms. The van der Waals surface area contributed by atoms with Crippen molar-refractivity contribution in [2.75, 3.05) is 0 Å². The summed E-state index contributed by atoms with van der Waals surface area (Å²) in [5.41, 5.74) is 2.99. The number of rotatable bonds is 6. The fraction of sp³-hybridized carbons (Fsp3) is 0.429. The number of aryl methyl sites for hydroxylation is 1. The molecule has 4 rings (SSSR count). The number of hydrogen-bond donors (Lipinski definition) is 0. The quantitative estimate of drug-likeness (QED) is 0.443. The number of nitrogens with zero attached hydrogens (tertiary/aromatic N) is 6. The fourth-order valence-electron chi connectivity index (χ4n) is 3.73. The molecule has 152 valence electrons. The third-order valence-corrected chi connectivity index (χ3v) is 5.43. The zero-order valence-electron chi connectivity index (χ0n) is 17.1. The van der Waals surface area contributed by atoms with Gasteiger partial charge in [-0.15, -0.1) is 0 Å². The number of pyridine rings is 2. The van der Waals surface area contributed by atoms with Crippen LogP contribution >= 0.6 is 11.6 Å². The molecular weight excluding hydrogens is 388 g/mol. The van der Waals surface area contributed by atoms with Crippen molar-refractivity contribution in [2.45, 2.75) is 53.2 Å². The fourth-order valence-corrected chi connectivity index (χ4v) is 3.98. The van der Waals surface area contributed by atoms with Crippen LogP contribution in [0.25, 0.3) is 22.2 Å². The molecule has 0 saturated carbocycles. The maximum Gasteiger partial charge on any atom is 0.329 e. The van der Waals surface area contributed by atoms with E-state index in [0.717, 1.165) is 35.5 Å². The van der Waals surface area contributed by atoms with Crippen LogP contribution in [0, 0.1) is 5.92 Å². The van der Waals surface area contributed by atoms with Gasteiger partial charge >= 0.3 is 5.69 Å². The highest BCUT2D eigenvalue weighted by atomic mass is 35.5. The van der Waals surface area contributed by atoms with E-state index in [-0.39, 0.29) is 11.7 Å². The Morgan fingerprint density at radius 2 is 1.86 bits per heavy atom. The molecule has 7 nitrogen and oxygen atoms in total. The summed E-state index contributed by atoms with van der Waals surface area (Å²) in [7, 11) is 0. The van der Waals surface area contributed by atoms with Gasteiger partial charge < -0.3 is 4.57 Å². The first kappa shape index (κ1) is 19.6. The second-order valence-corrected chi connectivity index (χ2v) is 8.37. The van der Waals surface area contributed by atoms with Gasteiger partial charge in [-0.05, 0) is 44.4 Å². The summed E-state index contributed by atoms with van der Waals surface area (Å²) in [5.74, 6) is 1.34. The van der Waals surface area contributed by atoms with Crippen molar-refractivity contribution in [3.05, 3.63) is 52.1 Å². The monoisotopic (exact) mass is 412 g/mol. The van der Waals surface area contributed by atoms with Crippen LogP contribution in [0.2, 0.25) is 5.15 Å². The molecule has 4 aromatic rings. The predicted molar refractivity (Wildman–Crippen MR) is 115 cm³/mol. The van der Waals surface area contributed by atoms with E-state index >= 15 is 0 Å². The molecule has 4 heterocycles. The molecule has 0 aliphatic carbocycles. The van der Waals surface area contributed by atoms with Crippen LogP contribution < -0.4 is 5.69 Å². The average Bonchev–Trinajstić information content (AvgIpc) is 3.16. The molecule has 0 aliphatic heterocycles. The van der Waals surface area contributed by atoms with Crippen LogP contribution in [-0.4, -0.2) is 28.7 Å². The highest BCUT2D eigenvalue weighted by Gasteiger charge is 2.21. The summed E-state index contributed by atoms with van der Waals surface area (Å²) >= 11 is 6.42. The van der Waals surface area contributed by atoms with Crippen LogP contribution in [0.3, 0.4) is 0 Å². The van der Waals surface area contributed by atoms with Crippen molar-refractivity contribution in [3.63, 3.8) is 0 Å². The van der Waals surface area contributed by atoms with Gasteiger partial charge in [0.05, 0.1) is 12.1 Å². The van der Waals surface area contributed by atoms with Crippen molar-refractivity contribution in [1.29, 1.82) is 0 Å². The summed E-state index contributed by atoms with van der Waals surface area (Å²) in [4.78, 5) is 26.8. The zero-order valence-corrected chi connectivity index (χ0v) is 17.9. The van der Waals surface area contributed by atoms with Crippen LogP contribution in [-0.2, 0) is 13.1 Å². The first-order chi connectivity index (χ1) is 13.9. The largest absolute Gasteiger partial charge is 0.329 e. The van der Waals surface area contributed by atoms with Crippen molar-refractivity contribution < 1.29 is 0 Å². The van der Waals surface area contributed by atoms with Gasteiger partial charge in [-0.3, -0.25) is 9.13 Å². The predicted octanol–water partition coefficient (Wildman–Crippen LogP) is 4.27. The summed E-state index contributed by atoms with van der Waals surface area (Å²) in [6.45, 7) is 9.47. The molecular formula is C21H25ClN6O. The normalized spacial score (nSPS) is 12.1. The van der Waals surface area contributed by atoms with E-state index in [1.165, 1.54) is 0 Å². The molecule has 0 radical (unpaired) electrons. The Kier molecular flexibility index (Phi) is 5.17. The Labute approximate surface area is 174 Å². The highest BCUT2D eigenvalue weighted by Crippen LogP contribution is 2.24. The minimum absolute atomic E-state index is 0.00569. The number of hydrogen-bond acceptors (Lipinski definition) is 4. The molecule has 0 spiro atoms. The van der Waals surface area contributed by atoms with E-state index in [9.17, 15) is 4.79 Å². The zero-order chi connectivity index (χ0) is 20.7. The lowest BCUT2D eigenvalue weighted by atomic mass is 10.1. The van der Waals surface area contributed by atoms with Crippen LogP contribution in [0.15, 0.2) is 35.4 Å². The molecule has 0 bridgehead atoms. The molecule has 0 N–H and O–H groups in total. The Hall–Kier alpha value is -2.67. The third kappa shape index (κ3) is 3.44. The molecule has 0 atom stereocenters. The summed E-state index contributed by atoms with van der Waals surface area (Å²) in [6, 6.07) is 5.67. The summed E-state index contributed by atoms with van der Waals surface area (Å²) in [6.07, 6.45) is 4.41. The SMILES string of the molecule is CC(C)CCn1c(Cn2c(=O)n(C(C)C)c3ccnc(Cl)c32)nc2cccnc21. The molecule has 4 aromatic heterocycles. The second kappa shape index (κ2) is 7.63. The molecule has 0 amide bonds. The number of imidazole rings is 2. The minimum Gasteiger partial charge on any atom is -0.311 e. The Balaban J connectivity index is 1.90. The third-order valence-electron chi connectivity index (χ3n) is 5.15. The van der Waals surface area contributed by atoms with Gasteiger partial charge in [-0.25, -0.2) is 19.7 Å². The first-order valence-corrected chi connectivity index (χ1v) is 10.3. The highest BCUT2D eigenvalue weighted by molar-refractivity contribution is 6.33. The maximum atomic E-state index is 13.3. The van der Waals surface area contributed by atoms with Crippen molar-refractivity contribution in [2.24, 2.45) is 5.92 Å². The van der Waals surface area contributed by atoms with Crippen molar-refractivity contribution in [1.82, 2.24) is 28.7 Å². The van der Waals surface area contributed by atoms with Gasteiger partial charge in [0.25, 0.3) is 0 Å². The van der Waals surface area contributed by atoms with E-state index in [2.05, 4.69) is 28.4 Å². The molecule has 0 aliphatic rings. The number of fused-ring (bicyclic) bond motifs is 2. The maximum absolute atomic E-state index is 13.3.